The quantitative estimate of drug-likeness (QED) is 0.447. The Morgan fingerprint density at radius 3 is 2.75 bits per heavy atom. The van der Waals surface area contributed by atoms with Crippen molar-refractivity contribution in [2.24, 2.45) is 5.73 Å². The molecule has 0 saturated heterocycles. The zero-order chi connectivity index (χ0) is 6.41. The largest absolute Gasteiger partial charge is 0.404 e. The van der Waals surface area contributed by atoms with E-state index in [9.17, 15) is 0 Å². The number of allylic oxidation sites excluding steroid dienone is 1. The molecule has 0 bridgehead atoms. The summed E-state index contributed by atoms with van der Waals surface area (Å²) in [7, 11) is 0. The Morgan fingerprint density at radius 1 is 1.75 bits per heavy atom. The third kappa shape index (κ3) is 3.15. The van der Waals surface area contributed by atoms with Crippen LogP contribution in [0.15, 0.2) is 24.6 Å². The molecule has 0 aliphatic rings. The molecule has 0 heterocycles. The van der Waals surface area contributed by atoms with Gasteiger partial charge in [-0.05, 0) is 13.5 Å². The van der Waals surface area contributed by atoms with Crippen molar-refractivity contribution < 1.29 is 4.99 Å². The van der Waals surface area contributed by atoms with Crippen molar-refractivity contribution in [2.75, 3.05) is 0 Å². The fraction of sp³-hybridized carbons (Fsp3) is 0.167. The SMILES string of the molecule is C=C[NH+]=CC(C)=CN. The van der Waals surface area contributed by atoms with Crippen molar-refractivity contribution in [1.29, 1.82) is 0 Å². The van der Waals surface area contributed by atoms with Crippen LogP contribution in [0.4, 0.5) is 0 Å². The van der Waals surface area contributed by atoms with Crippen LogP contribution in [-0.4, -0.2) is 6.21 Å². The van der Waals surface area contributed by atoms with E-state index < -0.39 is 0 Å². The molecule has 3 N–H and O–H groups in total. The van der Waals surface area contributed by atoms with Crippen LogP contribution in [0.5, 0.6) is 0 Å². The van der Waals surface area contributed by atoms with Gasteiger partial charge in [-0.25, -0.2) is 4.99 Å². The zero-order valence-electron chi connectivity index (χ0n) is 5.02. The van der Waals surface area contributed by atoms with Crippen LogP contribution in [0.2, 0.25) is 0 Å². The molecule has 0 saturated carbocycles. The molecule has 0 unspecified atom stereocenters. The monoisotopic (exact) mass is 111 g/mol. The molecule has 2 nitrogen and oxygen atoms in total. The van der Waals surface area contributed by atoms with E-state index in [1.807, 2.05) is 6.92 Å². The fourth-order valence-corrected chi connectivity index (χ4v) is 0.238. The summed E-state index contributed by atoms with van der Waals surface area (Å²) in [6, 6.07) is 0. The molecule has 0 fully saturated rings. The lowest BCUT2D eigenvalue weighted by atomic mass is 10.4. The van der Waals surface area contributed by atoms with Gasteiger partial charge in [0.1, 0.15) is 0 Å². The maximum absolute atomic E-state index is 5.15. The Kier molecular flexibility index (Phi) is 3.58. The lowest BCUT2D eigenvalue weighted by Gasteiger charge is -1.76. The van der Waals surface area contributed by atoms with Crippen molar-refractivity contribution in [3.63, 3.8) is 0 Å². The number of nitrogens with one attached hydrogen (secondary N) is 1. The molecule has 44 valence electrons. The molecule has 0 rings (SSSR count). The summed E-state index contributed by atoms with van der Waals surface area (Å²) in [6.45, 7) is 5.36. The van der Waals surface area contributed by atoms with Gasteiger partial charge in [0.05, 0.1) is 0 Å². The van der Waals surface area contributed by atoms with Gasteiger partial charge in [-0.1, -0.05) is 0 Å². The van der Waals surface area contributed by atoms with Gasteiger partial charge in [-0.15, -0.1) is 0 Å². The molecule has 0 aliphatic carbocycles. The van der Waals surface area contributed by atoms with Crippen LogP contribution in [-0.2, 0) is 0 Å². The molecule has 0 atom stereocenters. The van der Waals surface area contributed by atoms with Crippen molar-refractivity contribution >= 4 is 6.21 Å². The minimum atomic E-state index is 0.991. The molecule has 0 aliphatic heterocycles. The average Bonchev–Trinajstić information content (AvgIpc) is 1.83. The van der Waals surface area contributed by atoms with Crippen LogP contribution in [0.1, 0.15) is 6.92 Å². The van der Waals surface area contributed by atoms with Gasteiger partial charge in [0.25, 0.3) is 0 Å². The van der Waals surface area contributed by atoms with E-state index >= 15 is 0 Å². The first kappa shape index (κ1) is 6.95. The lowest BCUT2D eigenvalue weighted by molar-refractivity contribution is -0.365. The highest BCUT2D eigenvalue weighted by molar-refractivity contribution is 5.72. The summed E-state index contributed by atoms with van der Waals surface area (Å²) in [4.78, 5) is 2.79. The summed E-state index contributed by atoms with van der Waals surface area (Å²) >= 11 is 0. The molecule has 0 aromatic carbocycles. The first-order chi connectivity index (χ1) is 3.81. The third-order valence-electron chi connectivity index (χ3n) is 0.692. The average molecular weight is 111 g/mol. The number of hydrogen-bond acceptors (Lipinski definition) is 1. The Hall–Kier alpha value is -1.05. The maximum atomic E-state index is 5.15. The van der Waals surface area contributed by atoms with E-state index in [0.29, 0.717) is 0 Å². The Morgan fingerprint density at radius 2 is 2.38 bits per heavy atom. The Balaban J connectivity index is 3.69. The summed E-state index contributed by atoms with van der Waals surface area (Å²) in [5.41, 5.74) is 6.14. The van der Waals surface area contributed by atoms with Gasteiger partial charge in [-0.3, -0.25) is 0 Å². The van der Waals surface area contributed by atoms with Crippen molar-refractivity contribution in [3.8, 4) is 0 Å². The van der Waals surface area contributed by atoms with Crippen LogP contribution < -0.4 is 10.7 Å². The van der Waals surface area contributed by atoms with Crippen molar-refractivity contribution in [1.82, 2.24) is 0 Å². The summed E-state index contributed by atoms with van der Waals surface area (Å²) in [5.74, 6) is 0. The molecule has 0 aromatic rings. The normalized spacial score (nSPS) is 12.4. The number of hydrogen-bond donors (Lipinski definition) is 2. The molecular formula is C6H11N2+. The van der Waals surface area contributed by atoms with Crippen LogP contribution in [0.3, 0.4) is 0 Å². The second-order valence-electron chi connectivity index (χ2n) is 1.43. The van der Waals surface area contributed by atoms with Gasteiger partial charge in [0.15, 0.2) is 12.4 Å². The topological polar surface area (TPSA) is 40.0 Å². The molecule has 2 heteroatoms. The van der Waals surface area contributed by atoms with E-state index in [0.717, 1.165) is 5.57 Å². The second kappa shape index (κ2) is 4.12. The highest BCUT2D eigenvalue weighted by Crippen LogP contribution is 1.74. The molecule has 0 aromatic heterocycles. The van der Waals surface area contributed by atoms with E-state index in [1.165, 1.54) is 6.20 Å². The zero-order valence-corrected chi connectivity index (χ0v) is 5.02. The van der Waals surface area contributed by atoms with Gasteiger partial charge in [0, 0.05) is 11.8 Å². The summed E-state index contributed by atoms with van der Waals surface area (Å²) < 4.78 is 0. The lowest BCUT2D eigenvalue weighted by Crippen LogP contribution is -2.61. The summed E-state index contributed by atoms with van der Waals surface area (Å²) in [5, 5.41) is 0. The standard InChI is InChI=1S/C6H10N2/c1-3-8-5-6(2)4-7/h3-5H,1,7H2,2H3/p+1. The Labute approximate surface area is 49.4 Å². The van der Waals surface area contributed by atoms with Crippen LogP contribution in [0, 0.1) is 0 Å². The first-order valence-corrected chi connectivity index (χ1v) is 2.40. The first-order valence-electron chi connectivity index (χ1n) is 2.40. The van der Waals surface area contributed by atoms with E-state index in [1.54, 1.807) is 12.4 Å². The van der Waals surface area contributed by atoms with Crippen LogP contribution >= 0.6 is 0 Å². The summed E-state index contributed by atoms with van der Waals surface area (Å²) in [6.07, 6.45) is 4.89. The van der Waals surface area contributed by atoms with Gasteiger partial charge in [0.2, 0.25) is 0 Å². The third-order valence-corrected chi connectivity index (χ3v) is 0.692. The van der Waals surface area contributed by atoms with E-state index in [2.05, 4.69) is 11.6 Å². The highest BCUT2D eigenvalue weighted by atomic mass is 14.7. The van der Waals surface area contributed by atoms with Crippen LogP contribution in [0.25, 0.3) is 0 Å². The van der Waals surface area contributed by atoms with Crippen molar-refractivity contribution in [2.45, 2.75) is 6.92 Å². The van der Waals surface area contributed by atoms with E-state index in [4.69, 9.17) is 5.73 Å². The number of nitrogens with two attached hydrogens (primary N) is 1. The predicted molar refractivity (Wildman–Crippen MR) is 35.2 cm³/mol. The highest BCUT2D eigenvalue weighted by Gasteiger charge is 1.79. The second-order valence-corrected chi connectivity index (χ2v) is 1.43. The fourth-order valence-electron chi connectivity index (χ4n) is 0.238. The molecule has 0 amide bonds. The minimum absolute atomic E-state index is 0.991. The number of rotatable bonds is 2. The van der Waals surface area contributed by atoms with Gasteiger partial charge >= 0.3 is 0 Å². The molecule has 8 heavy (non-hydrogen) atoms. The maximum Gasteiger partial charge on any atom is 0.171 e. The van der Waals surface area contributed by atoms with Gasteiger partial charge in [-0.2, -0.15) is 0 Å². The molecule has 0 spiro atoms. The predicted octanol–water partition coefficient (Wildman–Crippen LogP) is -0.856. The minimum Gasteiger partial charge on any atom is -0.404 e. The van der Waals surface area contributed by atoms with Gasteiger partial charge < -0.3 is 5.73 Å². The smallest absolute Gasteiger partial charge is 0.171 e. The Bertz CT molecular complexity index is 122. The molecule has 0 radical (unpaired) electrons. The van der Waals surface area contributed by atoms with E-state index in [-0.39, 0.29) is 0 Å². The van der Waals surface area contributed by atoms with Crippen molar-refractivity contribution in [3.05, 3.63) is 24.6 Å². The molecular weight excluding hydrogens is 100 g/mol.